The first-order valence-corrected chi connectivity index (χ1v) is 13.9. The summed E-state index contributed by atoms with van der Waals surface area (Å²) in [5, 5.41) is 14.6. The average Bonchev–Trinajstić information content (AvgIpc) is 3.46. The first kappa shape index (κ1) is 22.4. The van der Waals surface area contributed by atoms with Gasteiger partial charge in [0, 0.05) is 16.7 Å². The number of carbonyl (C=O) groups is 1. The van der Waals surface area contributed by atoms with E-state index in [4.69, 9.17) is 9.97 Å². The molecule has 5 rings (SSSR count). The zero-order valence-electron chi connectivity index (χ0n) is 18.5. The summed E-state index contributed by atoms with van der Waals surface area (Å²) in [6.07, 6.45) is 7.14. The molecule has 0 saturated carbocycles. The molecule has 1 N–H and O–H groups in total. The topological polar surface area (TPSA) is 80.7 Å². The second-order valence-electron chi connectivity index (χ2n) is 8.01. The largest absolute Gasteiger partial charge is 0.300 e. The number of nitrogens with zero attached hydrogens (tertiary/aromatic N) is 4. The number of anilines is 1. The summed E-state index contributed by atoms with van der Waals surface area (Å²) in [5.41, 5.74) is 2.68. The van der Waals surface area contributed by atoms with E-state index in [1.807, 2.05) is 24.3 Å². The number of thioether (sulfide) groups is 1. The van der Waals surface area contributed by atoms with Crippen molar-refractivity contribution in [1.82, 2.24) is 20.2 Å². The van der Waals surface area contributed by atoms with Gasteiger partial charge in [-0.2, -0.15) is 0 Å². The summed E-state index contributed by atoms with van der Waals surface area (Å²) >= 11 is 4.74. The number of fused-ring (bicyclic) bond motifs is 3. The number of amides is 1. The van der Waals surface area contributed by atoms with E-state index in [1.165, 1.54) is 57.3 Å². The molecule has 1 aliphatic rings. The highest BCUT2D eigenvalue weighted by atomic mass is 32.2. The summed E-state index contributed by atoms with van der Waals surface area (Å²) in [6, 6.07) is 10.4. The van der Waals surface area contributed by atoms with Crippen LogP contribution in [-0.4, -0.2) is 31.8 Å². The van der Waals surface area contributed by atoms with Gasteiger partial charge < -0.3 is 0 Å². The monoisotopic (exact) mass is 495 g/mol. The Labute approximate surface area is 205 Å². The first-order valence-electron chi connectivity index (χ1n) is 11.3. The lowest BCUT2D eigenvalue weighted by Crippen LogP contribution is -2.14. The molecule has 9 heteroatoms. The van der Waals surface area contributed by atoms with Gasteiger partial charge in [-0.1, -0.05) is 60.4 Å². The fraction of sp³-hybridized carbons (Fsp3) is 0.375. The third kappa shape index (κ3) is 5.26. The molecule has 170 valence electrons. The van der Waals surface area contributed by atoms with E-state index >= 15 is 0 Å². The predicted octanol–water partition coefficient (Wildman–Crippen LogP) is 5.50. The van der Waals surface area contributed by atoms with E-state index in [0.717, 1.165) is 52.8 Å². The maximum absolute atomic E-state index is 12.6. The molecule has 0 radical (unpaired) electrons. The van der Waals surface area contributed by atoms with Crippen LogP contribution < -0.4 is 5.32 Å². The zero-order valence-corrected chi connectivity index (χ0v) is 20.9. The van der Waals surface area contributed by atoms with E-state index in [9.17, 15) is 4.79 Å². The molecule has 1 aliphatic carbocycles. The lowest BCUT2D eigenvalue weighted by atomic mass is 9.97. The van der Waals surface area contributed by atoms with Crippen LogP contribution in [-0.2, 0) is 36.9 Å². The number of carbonyl (C=O) groups excluding carboxylic acids is 1. The molecule has 1 amide bonds. The SMILES string of the molecule is CCc1nnc(NC(=O)CSc2nc(CCc3ccccc3)nc3sc4c(c23)CCCC4)s1. The molecule has 0 bridgehead atoms. The highest BCUT2D eigenvalue weighted by molar-refractivity contribution is 8.00. The lowest BCUT2D eigenvalue weighted by Gasteiger charge is -2.12. The van der Waals surface area contributed by atoms with E-state index in [-0.39, 0.29) is 11.7 Å². The minimum Gasteiger partial charge on any atom is -0.300 e. The Kier molecular flexibility index (Phi) is 6.99. The Morgan fingerprint density at radius 2 is 1.91 bits per heavy atom. The molecule has 0 aliphatic heterocycles. The quantitative estimate of drug-likeness (QED) is 0.257. The van der Waals surface area contributed by atoms with Crippen molar-refractivity contribution in [1.29, 1.82) is 0 Å². The van der Waals surface area contributed by atoms with Gasteiger partial charge in [0.2, 0.25) is 11.0 Å². The molecule has 4 aromatic rings. The average molecular weight is 496 g/mol. The Morgan fingerprint density at radius 1 is 1.06 bits per heavy atom. The standard InChI is InChI=1S/C24H25N5OS3/c1-2-20-28-29-24(33-20)27-19(30)14-31-22-21-16-10-6-7-11-17(16)32-23(21)26-18(25-22)13-12-15-8-4-3-5-9-15/h3-5,8-9H,2,6-7,10-14H2,1H3,(H,27,29,30). The third-order valence-electron chi connectivity index (χ3n) is 5.66. The number of thiophene rings is 1. The molecule has 0 atom stereocenters. The van der Waals surface area contributed by atoms with Crippen LogP contribution in [0.4, 0.5) is 5.13 Å². The van der Waals surface area contributed by atoms with E-state index in [2.05, 4.69) is 39.8 Å². The fourth-order valence-corrected chi connectivity index (χ4v) is 6.93. The molecular formula is C24H25N5OS3. The normalized spacial score (nSPS) is 13.2. The number of benzene rings is 1. The van der Waals surface area contributed by atoms with Gasteiger partial charge in [0.1, 0.15) is 20.7 Å². The summed E-state index contributed by atoms with van der Waals surface area (Å²) in [4.78, 5) is 25.0. The summed E-state index contributed by atoms with van der Waals surface area (Å²) in [5.74, 6) is 1.06. The van der Waals surface area contributed by atoms with Gasteiger partial charge >= 0.3 is 0 Å². The number of nitrogens with one attached hydrogen (secondary N) is 1. The molecule has 0 fully saturated rings. The Hall–Kier alpha value is -2.36. The van der Waals surface area contributed by atoms with Crippen molar-refractivity contribution in [2.24, 2.45) is 0 Å². The van der Waals surface area contributed by atoms with Crippen LogP contribution in [0.5, 0.6) is 0 Å². The van der Waals surface area contributed by atoms with Gasteiger partial charge in [-0.05, 0) is 49.7 Å². The van der Waals surface area contributed by atoms with Crippen LogP contribution in [0.3, 0.4) is 0 Å². The van der Waals surface area contributed by atoms with E-state index in [0.29, 0.717) is 5.13 Å². The van der Waals surface area contributed by atoms with Crippen molar-refractivity contribution in [3.63, 3.8) is 0 Å². The van der Waals surface area contributed by atoms with Crippen LogP contribution >= 0.6 is 34.4 Å². The Bertz CT molecular complexity index is 1270. The molecule has 3 aromatic heterocycles. The summed E-state index contributed by atoms with van der Waals surface area (Å²) in [6.45, 7) is 2.03. The van der Waals surface area contributed by atoms with E-state index < -0.39 is 0 Å². The van der Waals surface area contributed by atoms with Crippen molar-refractivity contribution >= 4 is 55.7 Å². The van der Waals surface area contributed by atoms with Crippen LogP contribution in [0.1, 0.15) is 46.6 Å². The van der Waals surface area contributed by atoms with Crippen LogP contribution in [0, 0.1) is 0 Å². The molecule has 33 heavy (non-hydrogen) atoms. The van der Waals surface area contributed by atoms with Crippen LogP contribution in [0.2, 0.25) is 0 Å². The molecule has 6 nitrogen and oxygen atoms in total. The van der Waals surface area contributed by atoms with E-state index in [1.54, 1.807) is 0 Å². The molecule has 0 unspecified atom stereocenters. The molecule has 0 saturated heterocycles. The van der Waals surface area contributed by atoms with Gasteiger partial charge in [-0.15, -0.1) is 21.5 Å². The summed E-state index contributed by atoms with van der Waals surface area (Å²) < 4.78 is 0. The van der Waals surface area contributed by atoms with Crippen molar-refractivity contribution in [3.05, 3.63) is 57.2 Å². The fourth-order valence-electron chi connectivity index (χ4n) is 4.02. The third-order valence-corrected chi connectivity index (χ3v) is 8.81. The van der Waals surface area contributed by atoms with Crippen molar-refractivity contribution < 1.29 is 4.79 Å². The Morgan fingerprint density at radius 3 is 2.73 bits per heavy atom. The molecular weight excluding hydrogens is 470 g/mol. The number of rotatable bonds is 8. The number of aryl methyl sites for hydroxylation is 5. The zero-order chi connectivity index (χ0) is 22.6. The highest BCUT2D eigenvalue weighted by Crippen LogP contribution is 2.39. The van der Waals surface area contributed by atoms with Gasteiger partial charge in [0.25, 0.3) is 0 Å². The van der Waals surface area contributed by atoms with Gasteiger partial charge in [-0.3, -0.25) is 10.1 Å². The minimum atomic E-state index is -0.0829. The van der Waals surface area contributed by atoms with Gasteiger partial charge in [0.05, 0.1) is 5.75 Å². The smallest absolute Gasteiger partial charge is 0.236 e. The molecule has 3 heterocycles. The van der Waals surface area contributed by atoms with Crippen molar-refractivity contribution in [2.45, 2.75) is 56.9 Å². The lowest BCUT2D eigenvalue weighted by molar-refractivity contribution is -0.113. The number of aromatic nitrogens is 4. The van der Waals surface area contributed by atoms with Crippen molar-refractivity contribution in [2.75, 3.05) is 11.1 Å². The maximum Gasteiger partial charge on any atom is 0.236 e. The molecule has 1 aromatic carbocycles. The first-order chi connectivity index (χ1) is 16.2. The van der Waals surface area contributed by atoms with Crippen LogP contribution in [0.25, 0.3) is 10.2 Å². The van der Waals surface area contributed by atoms with Gasteiger partial charge in [-0.25, -0.2) is 9.97 Å². The second kappa shape index (κ2) is 10.3. The minimum absolute atomic E-state index is 0.0829. The highest BCUT2D eigenvalue weighted by Gasteiger charge is 2.22. The van der Waals surface area contributed by atoms with Crippen LogP contribution in [0.15, 0.2) is 35.4 Å². The number of hydrogen-bond acceptors (Lipinski definition) is 8. The predicted molar refractivity (Wildman–Crippen MR) is 137 cm³/mol. The number of hydrogen-bond donors (Lipinski definition) is 1. The maximum atomic E-state index is 12.6. The van der Waals surface area contributed by atoms with Crippen molar-refractivity contribution in [3.8, 4) is 0 Å². The Balaban J connectivity index is 1.37. The second-order valence-corrected chi connectivity index (χ2v) is 11.1. The van der Waals surface area contributed by atoms with Gasteiger partial charge in [0.15, 0.2) is 0 Å². The summed E-state index contributed by atoms with van der Waals surface area (Å²) in [7, 11) is 0. The molecule has 0 spiro atoms.